The molecule has 2 aromatic carbocycles. The lowest BCUT2D eigenvalue weighted by atomic mass is 9.85. The number of nitrogens with zero attached hydrogens (tertiary/aromatic N) is 1. The maximum atomic E-state index is 14.4. The van der Waals surface area contributed by atoms with Gasteiger partial charge in [0.25, 0.3) is 0 Å². The number of ether oxygens (including phenoxy) is 3. The number of allylic oxidation sites excluding steroid dienone is 1. The van der Waals surface area contributed by atoms with Crippen LogP contribution < -0.4 is 0 Å². The topological polar surface area (TPSA) is 82.1 Å². The van der Waals surface area contributed by atoms with Gasteiger partial charge < -0.3 is 14.2 Å². The summed E-state index contributed by atoms with van der Waals surface area (Å²) in [4.78, 5) is 40.3. The molecule has 40 heavy (non-hydrogen) atoms. The molecule has 0 aromatic heterocycles. The van der Waals surface area contributed by atoms with E-state index < -0.39 is 53.1 Å². The highest BCUT2D eigenvalue weighted by atomic mass is 35.5. The zero-order valence-electron chi connectivity index (χ0n) is 23.8. The van der Waals surface area contributed by atoms with Crippen molar-refractivity contribution in [2.45, 2.75) is 71.6 Å². The van der Waals surface area contributed by atoms with Crippen LogP contribution in [0.1, 0.15) is 53.5 Å². The Labute approximate surface area is 240 Å². The van der Waals surface area contributed by atoms with E-state index in [1.807, 2.05) is 12.1 Å². The van der Waals surface area contributed by atoms with Gasteiger partial charge in [-0.3, -0.25) is 4.79 Å². The summed E-state index contributed by atoms with van der Waals surface area (Å²) in [5, 5.41) is 0.421. The van der Waals surface area contributed by atoms with E-state index >= 15 is 0 Å². The molecule has 0 N–H and O–H groups in total. The number of imide groups is 1. The highest BCUT2D eigenvalue weighted by molar-refractivity contribution is 6.30. The van der Waals surface area contributed by atoms with Gasteiger partial charge in [0.05, 0.1) is 12.0 Å². The molecule has 3 atom stereocenters. The molecule has 2 aromatic rings. The summed E-state index contributed by atoms with van der Waals surface area (Å²) in [6, 6.07) is 10.9. The molecule has 0 radical (unpaired) electrons. The van der Waals surface area contributed by atoms with Crippen molar-refractivity contribution in [3.8, 4) is 11.1 Å². The van der Waals surface area contributed by atoms with Gasteiger partial charge in [-0.2, -0.15) is 0 Å². The third kappa shape index (κ3) is 8.07. The van der Waals surface area contributed by atoms with E-state index in [4.69, 9.17) is 25.8 Å². The third-order valence-electron chi connectivity index (χ3n) is 6.33. The predicted molar refractivity (Wildman–Crippen MR) is 151 cm³/mol. The van der Waals surface area contributed by atoms with Crippen molar-refractivity contribution < 1.29 is 33.0 Å². The summed E-state index contributed by atoms with van der Waals surface area (Å²) in [6.07, 6.45) is 0.714. The van der Waals surface area contributed by atoms with Crippen molar-refractivity contribution in [2.24, 2.45) is 11.8 Å². The van der Waals surface area contributed by atoms with Crippen molar-refractivity contribution in [3.63, 3.8) is 0 Å². The van der Waals surface area contributed by atoms with Crippen LogP contribution in [0.2, 0.25) is 5.02 Å². The van der Waals surface area contributed by atoms with Crippen LogP contribution in [0, 0.1) is 17.7 Å². The first kappa shape index (κ1) is 31.1. The number of carbonyl (C=O) groups excluding carboxylic acids is 3. The molecule has 2 amide bonds. The van der Waals surface area contributed by atoms with Crippen LogP contribution >= 0.6 is 11.6 Å². The van der Waals surface area contributed by atoms with E-state index in [9.17, 15) is 18.8 Å². The maximum absolute atomic E-state index is 14.4. The fourth-order valence-electron chi connectivity index (χ4n) is 4.69. The molecule has 1 fully saturated rings. The van der Waals surface area contributed by atoms with E-state index in [2.05, 4.69) is 6.58 Å². The number of amides is 2. The minimum Gasteiger partial charge on any atom is -0.443 e. The Morgan fingerprint density at radius 2 is 1.65 bits per heavy atom. The van der Waals surface area contributed by atoms with E-state index in [1.165, 1.54) is 12.1 Å². The van der Waals surface area contributed by atoms with Crippen molar-refractivity contribution in [2.75, 3.05) is 6.61 Å². The summed E-state index contributed by atoms with van der Waals surface area (Å²) < 4.78 is 30.5. The first-order chi connectivity index (χ1) is 18.6. The molecule has 2 unspecified atom stereocenters. The molecule has 1 saturated heterocycles. The lowest BCUT2D eigenvalue weighted by Crippen LogP contribution is -2.44. The molecule has 0 aliphatic carbocycles. The van der Waals surface area contributed by atoms with Gasteiger partial charge in [0, 0.05) is 10.6 Å². The lowest BCUT2D eigenvalue weighted by Gasteiger charge is -2.29. The Hall–Kier alpha value is -3.39. The Morgan fingerprint density at radius 1 is 1.02 bits per heavy atom. The fraction of sp³-hybridized carbons (Fsp3) is 0.452. The number of hydrogen-bond acceptors (Lipinski definition) is 6. The number of halogens is 2. The minimum atomic E-state index is -0.895. The summed E-state index contributed by atoms with van der Waals surface area (Å²) in [6.45, 7) is 13.9. The van der Waals surface area contributed by atoms with Crippen LogP contribution in [0.15, 0.2) is 55.1 Å². The van der Waals surface area contributed by atoms with Crippen molar-refractivity contribution in [1.82, 2.24) is 4.90 Å². The Balaban J connectivity index is 1.91. The molecule has 7 nitrogen and oxygen atoms in total. The summed E-state index contributed by atoms with van der Waals surface area (Å²) in [5.74, 6) is -2.09. The molecule has 9 heteroatoms. The van der Waals surface area contributed by atoms with Gasteiger partial charge in [-0.15, -0.1) is 6.58 Å². The molecule has 1 heterocycles. The molecule has 1 aliphatic rings. The van der Waals surface area contributed by atoms with Gasteiger partial charge in [0.1, 0.15) is 23.6 Å². The van der Waals surface area contributed by atoms with Gasteiger partial charge in [-0.25, -0.2) is 18.9 Å². The standard InChI is InChI=1S/C31H37ClFNO6/c1-8-9-22-24(18-38-29(37)40-31(5,6)7)27(35)34(28(36)39-30(2,3)4)26(22)16-19-10-12-20(13-11-19)23-17-21(32)14-15-25(23)33/h8,10-15,17,22,24,26H,1,9,16,18H2,2-7H3/t22?,24?,26-/m1/s1. The molecule has 1 aliphatic heterocycles. The number of carbonyl (C=O) groups is 3. The predicted octanol–water partition coefficient (Wildman–Crippen LogP) is 7.59. The maximum Gasteiger partial charge on any atom is 0.508 e. The van der Waals surface area contributed by atoms with Gasteiger partial charge >= 0.3 is 12.2 Å². The second-order valence-corrected chi connectivity index (χ2v) is 12.3. The molecule has 0 bridgehead atoms. The van der Waals surface area contributed by atoms with Crippen LogP contribution in [-0.4, -0.2) is 46.9 Å². The van der Waals surface area contributed by atoms with Crippen LogP contribution in [0.4, 0.5) is 14.0 Å². The molecular formula is C31H37ClFNO6. The molecular weight excluding hydrogens is 537 g/mol. The first-order valence-electron chi connectivity index (χ1n) is 13.2. The smallest absolute Gasteiger partial charge is 0.443 e. The largest absolute Gasteiger partial charge is 0.508 e. The molecule has 216 valence electrons. The van der Waals surface area contributed by atoms with Gasteiger partial charge in [-0.05, 0) is 89.6 Å². The van der Waals surface area contributed by atoms with Crippen molar-refractivity contribution >= 4 is 29.8 Å². The van der Waals surface area contributed by atoms with Gasteiger partial charge in [0.2, 0.25) is 5.91 Å². The zero-order chi connectivity index (χ0) is 29.8. The quantitative estimate of drug-likeness (QED) is 0.251. The summed E-state index contributed by atoms with van der Waals surface area (Å²) in [5.41, 5.74) is 0.239. The molecule has 0 spiro atoms. The normalized spacial score (nSPS) is 19.4. The number of hydrogen-bond donors (Lipinski definition) is 0. The monoisotopic (exact) mass is 573 g/mol. The molecule has 0 saturated carbocycles. The fourth-order valence-corrected chi connectivity index (χ4v) is 4.86. The van der Waals surface area contributed by atoms with Crippen LogP contribution in [0.25, 0.3) is 11.1 Å². The summed E-state index contributed by atoms with van der Waals surface area (Å²) >= 11 is 6.06. The van der Waals surface area contributed by atoms with Crippen LogP contribution in [0.3, 0.4) is 0 Å². The Kier molecular flexibility index (Phi) is 9.67. The molecule has 3 rings (SSSR count). The average molecular weight is 574 g/mol. The lowest BCUT2D eigenvalue weighted by molar-refractivity contribution is -0.132. The summed E-state index contributed by atoms with van der Waals surface area (Å²) in [7, 11) is 0. The first-order valence-corrected chi connectivity index (χ1v) is 13.5. The SMILES string of the molecule is C=CCC1C(COC(=O)OC(C)(C)C)C(=O)N(C(=O)OC(C)(C)C)[C@@H]1Cc1ccc(-c2cc(Cl)ccc2F)cc1. The third-order valence-corrected chi connectivity index (χ3v) is 6.57. The minimum absolute atomic E-state index is 0.255. The average Bonchev–Trinajstić information content (AvgIpc) is 3.08. The zero-order valence-corrected chi connectivity index (χ0v) is 24.6. The second kappa shape index (κ2) is 12.4. The number of likely N-dealkylation sites (tertiary alicyclic amines) is 1. The van der Waals surface area contributed by atoms with E-state index in [-0.39, 0.29) is 6.61 Å². The van der Waals surface area contributed by atoms with E-state index in [0.717, 1.165) is 10.5 Å². The van der Waals surface area contributed by atoms with Crippen molar-refractivity contribution in [3.05, 3.63) is 71.5 Å². The number of rotatable bonds is 7. The highest BCUT2D eigenvalue weighted by Gasteiger charge is 2.51. The highest BCUT2D eigenvalue weighted by Crippen LogP contribution is 2.38. The van der Waals surface area contributed by atoms with Crippen LogP contribution in [0.5, 0.6) is 0 Å². The van der Waals surface area contributed by atoms with Crippen molar-refractivity contribution in [1.29, 1.82) is 0 Å². The number of benzene rings is 2. The second-order valence-electron chi connectivity index (χ2n) is 11.9. The van der Waals surface area contributed by atoms with E-state index in [1.54, 1.807) is 65.8 Å². The Morgan fingerprint density at radius 3 is 2.23 bits per heavy atom. The van der Waals surface area contributed by atoms with Gasteiger partial charge in [-0.1, -0.05) is 41.9 Å². The van der Waals surface area contributed by atoms with Gasteiger partial charge in [0.15, 0.2) is 0 Å². The van der Waals surface area contributed by atoms with Crippen LogP contribution in [-0.2, 0) is 25.4 Å². The Bertz CT molecular complexity index is 1250. The van der Waals surface area contributed by atoms with E-state index in [0.29, 0.717) is 29.0 Å².